The maximum atomic E-state index is 12.1. The highest BCUT2D eigenvalue weighted by Gasteiger charge is 2.36. The quantitative estimate of drug-likeness (QED) is 0.829. The normalized spacial score (nSPS) is 16.7. The molecule has 6 nitrogen and oxygen atoms in total. The number of halogens is 1. The topological polar surface area (TPSA) is 84.9 Å². The van der Waals surface area contributed by atoms with Crippen molar-refractivity contribution in [2.75, 3.05) is 5.32 Å². The number of hydrogen-bond acceptors (Lipinski definition) is 6. The Morgan fingerprint density at radius 2 is 1.92 bits per heavy atom. The number of cyclic esters (lactones) is 1. The van der Waals surface area contributed by atoms with Gasteiger partial charge in [-0.3, -0.25) is 0 Å². The lowest BCUT2D eigenvalue weighted by Crippen LogP contribution is -2.24. The van der Waals surface area contributed by atoms with Crippen molar-refractivity contribution < 1.29 is 24.2 Å². The van der Waals surface area contributed by atoms with E-state index in [0.29, 0.717) is 11.3 Å². The molecule has 0 unspecified atom stereocenters. The number of carbonyl (C=O) groups excluding carboxylic acids is 2. The maximum absolute atomic E-state index is 12.1. The zero-order valence-corrected chi connectivity index (χ0v) is 13.0. The zero-order chi connectivity index (χ0) is 17.1. The summed E-state index contributed by atoms with van der Waals surface area (Å²) >= 11 is 5.93. The van der Waals surface area contributed by atoms with Crippen LogP contribution >= 0.6 is 11.6 Å². The van der Waals surface area contributed by atoms with Crippen molar-refractivity contribution in [2.45, 2.75) is 6.29 Å². The molecule has 2 N–H and O–H groups in total. The van der Waals surface area contributed by atoms with Gasteiger partial charge in [-0.2, -0.15) is 0 Å². The molecule has 122 valence electrons. The Kier molecular flexibility index (Phi) is 4.39. The number of anilines is 1. The lowest BCUT2D eigenvalue weighted by atomic mass is 10.2. The van der Waals surface area contributed by atoms with Crippen molar-refractivity contribution >= 4 is 29.2 Å². The van der Waals surface area contributed by atoms with Crippen molar-refractivity contribution in [1.82, 2.24) is 0 Å². The predicted octanol–water partition coefficient (Wildman–Crippen LogP) is 2.99. The number of phenolic OH excluding ortho intramolecular Hbond substituents is 1. The van der Waals surface area contributed by atoms with Crippen LogP contribution in [0.5, 0.6) is 5.75 Å². The van der Waals surface area contributed by atoms with Crippen LogP contribution in [0.2, 0.25) is 0 Å². The molecular formula is C17H12ClNO5. The Morgan fingerprint density at radius 1 is 1.17 bits per heavy atom. The first kappa shape index (κ1) is 15.9. The van der Waals surface area contributed by atoms with Gasteiger partial charge >= 0.3 is 11.9 Å². The van der Waals surface area contributed by atoms with Gasteiger partial charge in [-0.1, -0.05) is 35.9 Å². The molecule has 1 aliphatic heterocycles. The van der Waals surface area contributed by atoms with E-state index in [-0.39, 0.29) is 16.5 Å². The molecule has 2 aromatic carbocycles. The summed E-state index contributed by atoms with van der Waals surface area (Å²) in [4.78, 5) is 23.8. The number of carbonyl (C=O) groups is 2. The van der Waals surface area contributed by atoms with Gasteiger partial charge in [-0.05, 0) is 24.3 Å². The monoisotopic (exact) mass is 345 g/mol. The molecule has 0 saturated carbocycles. The molecular weight excluding hydrogens is 334 g/mol. The molecule has 1 heterocycles. The number of nitrogens with one attached hydrogen (secondary N) is 1. The molecule has 2 aromatic rings. The number of esters is 2. The summed E-state index contributed by atoms with van der Waals surface area (Å²) in [6.07, 6.45) is -1.29. The lowest BCUT2D eigenvalue weighted by Gasteiger charge is -2.16. The van der Waals surface area contributed by atoms with Gasteiger partial charge in [0.25, 0.3) is 6.29 Å². The van der Waals surface area contributed by atoms with Crippen LogP contribution in [0.3, 0.4) is 0 Å². The first-order valence-corrected chi connectivity index (χ1v) is 7.35. The van der Waals surface area contributed by atoms with Gasteiger partial charge in [0.05, 0.1) is 5.56 Å². The SMILES string of the molecule is O=C1O[C@H](OC(=O)c2ccccc2)C(Nc2cccc(O)c2)=C1Cl. The summed E-state index contributed by atoms with van der Waals surface area (Å²) < 4.78 is 10.2. The second kappa shape index (κ2) is 6.64. The van der Waals surface area contributed by atoms with Gasteiger partial charge in [0, 0.05) is 11.8 Å². The summed E-state index contributed by atoms with van der Waals surface area (Å²) in [6, 6.07) is 14.5. The minimum absolute atomic E-state index is 0.0276. The smallest absolute Gasteiger partial charge is 0.355 e. The molecule has 24 heavy (non-hydrogen) atoms. The van der Waals surface area contributed by atoms with Gasteiger partial charge in [-0.15, -0.1) is 0 Å². The Labute approximate surface area is 142 Å². The highest BCUT2D eigenvalue weighted by Crippen LogP contribution is 2.29. The molecule has 0 spiro atoms. The van der Waals surface area contributed by atoms with Crippen LogP contribution in [0.1, 0.15) is 10.4 Å². The highest BCUT2D eigenvalue weighted by atomic mass is 35.5. The minimum Gasteiger partial charge on any atom is -0.508 e. The third kappa shape index (κ3) is 3.33. The van der Waals surface area contributed by atoms with Gasteiger partial charge in [0.1, 0.15) is 11.4 Å². The van der Waals surface area contributed by atoms with E-state index < -0.39 is 18.2 Å². The van der Waals surface area contributed by atoms with Gasteiger partial charge in [-0.25, -0.2) is 9.59 Å². The fourth-order valence-electron chi connectivity index (χ4n) is 2.10. The zero-order valence-electron chi connectivity index (χ0n) is 12.2. The average molecular weight is 346 g/mol. The molecule has 3 rings (SSSR count). The summed E-state index contributed by atoms with van der Waals surface area (Å²) in [5, 5.41) is 12.1. The van der Waals surface area contributed by atoms with E-state index in [0.717, 1.165) is 0 Å². The summed E-state index contributed by atoms with van der Waals surface area (Å²) in [5.41, 5.74) is 0.868. The Bertz CT molecular complexity index is 819. The second-order valence-electron chi connectivity index (χ2n) is 4.91. The van der Waals surface area contributed by atoms with Gasteiger partial charge in [0.15, 0.2) is 5.03 Å². The van der Waals surface area contributed by atoms with Gasteiger partial charge < -0.3 is 19.9 Å². The molecule has 0 saturated heterocycles. The molecule has 0 bridgehead atoms. The highest BCUT2D eigenvalue weighted by molar-refractivity contribution is 6.42. The minimum atomic E-state index is -1.29. The van der Waals surface area contributed by atoms with Crippen molar-refractivity contribution in [3.63, 3.8) is 0 Å². The van der Waals surface area contributed by atoms with E-state index in [1.54, 1.807) is 42.5 Å². The third-order valence-electron chi connectivity index (χ3n) is 3.21. The van der Waals surface area contributed by atoms with Crippen LogP contribution in [0.15, 0.2) is 65.3 Å². The summed E-state index contributed by atoms with van der Waals surface area (Å²) in [5.74, 6) is -1.43. The van der Waals surface area contributed by atoms with Gasteiger partial charge in [0.2, 0.25) is 0 Å². The van der Waals surface area contributed by atoms with Crippen molar-refractivity contribution in [3.05, 3.63) is 70.9 Å². The predicted molar refractivity (Wildman–Crippen MR) is 86.3 cm³/mol. The number of hydrogen-bond donors (Lipinski definition) is 2. The lowest BCUT2D eigenvalue weighted by molar-refractivity contribution is -0.152. The Balaban J connectivity index is 1.80. The van der Waals surface area contributed by atoms with Crippen molar-refractivity contribution in [2.24, 2.45) is 0 Å². The van der Waals surface area contributed by atoms with E-state index in [4.69, 9.17) is 21.1 Å². The molecule has 7 heteroatoms. The van der Waals surface area contributed by atoms with Crippen LogP contribution in [0.4, 0.5) is 5.69 Å². The molecule has 1 atom stereocenters. The van der Waals surface area contributed by atoms with E-state index >= 15 is 0 Å². The number of rotatable bonds is 4. The number of benzene rings is 2. The summed E-state index contributed by atoms with van der Waals surface area (Å²) in [6.45, 7) is 0. The van der Waals surface area contributed by atoms with Crippen molar-refractivity contribution in [3.8, 4) is 5.75 Å². The van der Waals surface area contributed by atoms with E-state index in [1.807, 2.05) is 0 Å². The average Bonchev–Trinajstić information content (AvgIpc) is 2.83. The molecule has 0 radical (unpaired) electrons. The molecule has 0 aromatic heterocycles. The molecule has 0 fully saturated rings. The Morgan fingerprint density at radius 3 is 2.62 bits per heavy atom. The van der Waals surface area contributed by atoms with Crippen LogP contribution in [0.25, 0.3) is 0 Å². The first-order valence-electron chi connectivity index (χ1n) is 6.97. The fourth-order valence-corrected chi connectivity index (χ4v) is 2.28. The second-order valence-corrected chi connectivity index (χ2v) is 5.29. The van der Waals surface area contributed by atoms with E-state index in [1.165, 1.54) is 12.1 Å². The molecule has 1 aliphatic rings. The maximum Gasteiger partial charge on any atom is 0.355 e. The van der Waals surface area contributed by atoms with E-state index in [2.05, 4.69) is 5.32 Å². The number of ether oxygens (including phenoxy) is 2. The fraction of sp³-hybridized carbons (Fsp3) is 0.0588. The molecule has 0 amide bonds. The van der Waals surface area contributed by atoms with Crippen LogP contribution < -0.4 is 5.32 Å². The number of aromatic hydroxyl groups is 1. The Hall–Kier alpha value is -2.99. The third-order valence-corrected chi connectivity index (χ3v) is 3.57. The van der Waals surface area contributed by atoms with Crippen LogP contribution in [-0.4, -0.2) is 23.3 Å². The van der Waals surface area contributed by atoms with Crippen molar-refractivity contribution in [1.29, 1.82) is 0 Å². The van der Waals surface area contributed by atoms with Crippen LogP contribution in [0, 0.1) is 0 Å². The van der Waals surface area contributed by atoms with Crippen LogP contribution in [-0.2, 0) is 14.3 Å². The first-order chi connectivity index (χ1) is 11.5. The largest absolute Gasteiger partial charge is 0.508 e. The summed E-state index contributed by atoms with van der Waals surface area (Å²) in [7, 11) is 0. The van der Waals surface area contributed by atoms with E-state index in [9.17, 15) is 14.7 Å². The number of phenols is 1. The standard InChI is InChI=1S/C17H12ClNO5/c18-13-14(19-11-7-4-8-12(20)9-11)17(24-16(13)22)23-15(21)10-5-2-1-3-6-10/h1-9,17,19-20H/t17-/m0/s1. The molecule has 0 aliphatic carbocycles.